The lowest BCUT2D eigenvalue weighted by molar-refractivity contribution is -0.385. The van der Waals surface area contributed by atoms with Crippen LogP contribution in [0.1, 0.15) is 24.0 Å². The molecule has 0 bridgehead atoms. The standard InChI is InChI=1S/C13H19N3O2/c1-9-8-13(16(17)18)10(2)7-12(9)15-11-3-5-14-6-4-11/h7-8,11,14-15H,3-6H2,1-2H3. The van der Waals surface area contributed by atoms with Gasteiger partial charge in [-0.2, -0.15) is 0 Å². The average molecular weight is 249 g/mol. The lowest BCUT2D eigenvalue weighted by atomic mass is 10.0. The van der Waals surface area contributed by atoms with E-state index in [1.54, 1.807) is 13.0 Å². The molecule has 98 valence electrons. The normalized spacial score (nSPS) is 16.6. The van der Waals surface area contributed by atoms with Gasteiger partial charge >= 0.3 is 0 Å². The van der Waals surface area contributed by atoms with Crippen molar-refractivity contribution in [3.8, 4) is 0 Å². The molecule has 0 radical (unpaired) electrons. The van der Waals surface area contributed by atoms with Crippen molar-refractivity contribution < 1.29 is 4.92 Å². The fourth-order valence-electron chi connectivity index (χ4n) is 2.34. The molecule has 5 nitrogen and oxygen atoms in total. The zero-order valence-corrected chi connectivity index (χ0v) is 10.8. The molecular weight excluding hydrogens is 230 g/mol. The molecule has 1 aliphatic heterocycles. The van der Waals surface area contributed by atoms with Crippen LogP contribution in [0.3, 0.4) is 0 Å². The third-order valence-electron chi connectivity index (χ3n) is 3.44. The van der Waals surface area contributed by atoms with Crippen LogP contribution in [0, 0.1) is 24.0 Å². The minimum Gasteiger partial charge on any atom is -0.382 e. The smallest absolute Gasteiger partial charge is 0.272 e. The molecule has 0 atom stereocenters. The first-order chi connectivity index (χ1) is 8.58. The van der Waals surface area contributed by atoms with Crippen LogP contribution < -0.4 is 10.6 Å². The summed E-state index contributed by atoms with van der Waals surface area (Å²) in [6, 6.07) is 4.00. The van der Waals surface area contributed by atoms with Gasteiger partial charge in [0.25, 0.3) is 5.69 Å². The van der Waals surface area contributed by atoms with Crippen LogP contribution in [-0.2, 0) is 0 Å². The summed E-state index contributed by atoms with van der Waals surface area (Å²) in [5.74, 6) is 0. The number of nitrogens with zero attached hydrogens (tertiary/aromatic N) is 1. The maximum atomic E-state index is 10.9. The Morgan fingerprint density at radius 3 is 2.56 bits per heavy atom. The minimum absolute atomic E-state index is 0.198. The van der Waals surface area contributed by atoms with Crippen molar-refractivity contribution in [3.63, 3.8) is 0 Å². The van der Waals surface area contributed by atoms with Crippen LogP contribution in [-0.4, -0.2) is 24.1 Å². The van der Waals surface area contributed by atoms with E-state index < -0.39 is 0 Å². The van der Waals surface area contributed by atoms with Gasteiger partial charge in [0.15, 0.2) is 0 Å². The average Bonchev–Trinajstić information content (AvgIpc) is 2.34. The first-order valence-electron chi connectivity index (χ1n) is 6.31. The molecule has 0 unspecified atom stereocenters. The summed E-state index contributed by atoms with van der Waals surface area (Å²) in [7, 11) is 0. The van der Waals surface area contributed by atoms with Crippen LogP contribution in [0.4, 0.5) is 11.4 Å². The van der Waals surface area contributed by atoms with Crippen molar-refractivity contribution in [2.45, 2.75) is 32.7 Å². The second-order valence-electron chi connectivity index (χ2n) is 4.88. The molecule has 0 spiro atoms. The Bertz CT molecular complexity index is 454. The fourth-order valence-corrected chi connectivity index (χ4v) is 2.34. The third kappa shape index (κ3) is 2.79. The molecule has 0 aliphatic carbocycles. The van der Waals surface area contributed by atoms with E-state index in [2.05, 4.69) is 10.6 Å². The van der Waals surface area contributed by atoms with Crippen molar-refractivity contribution in [1.29, 1.82) is 0 Å². The van der Waals surface area contributed by atoms with Gasteiger partial charge in [0.05, 0.1) is 4.92 Å². The van der Waals surface area contributed by atoms with Gasteiger partial charge in [0.1, 0.15) is 0 Å². The fraction of sp³-hybridized carbons (Fsp3) is 0.538. The van der Waals surface area contributed by atoms with Crippen molar-refractivity contribution >= 4 is 11.4 Å². The lowest BCUT2D eigenvalue weighted by Gasteiger charge is -2.25. The molecule has 18 heavy (non-hydrogen) atoms. The lowest BCUT2D eigenvalue weighted by Crippen LogP contribution is -2.35. The number of hydrogen-bond acceptors (Lipinski definition) is 4. The van der Waals surface area contributed by atoms with Crippen molar-refractivity contribution in [2.75, 3.05) is 18.4 Å². The molecule has 1 saturated heterocycles. The van der Waals surface area contributed by atoms with E-state index in [0.29, 0.717) is 11.6 Å². The molecule has 0 saturated carbocycles. The van der Waals surface area contributed by atoms with E-state index in [4.69, 9.17) is 0 Å². The summed E-state index contributed by atoms with van der Waals surface area (Å²) in [6.45, 7) is 5.76. The molecular formula is C13H19N3O2. The summed E-state index contributed by atoms with van der Waals surface area (Å²) in [5.41, 5.74) is 2.86. The number of aryl methyl sites for hydroxylation is 2. The summed E-state index contributed by atoms with van der Waals surface area (Å²) >= 11 is 0. The predicted molar refractivity (Wildman–Crippen MR) is 72.1 cm³/mol. The summed E-state index contributed by atoms with van der Waals surface area (Å²) in [4.78, 5) is 10.5. The maximum Gasteiger partial charge on any atom is 0.272 e. The van der Waals surface area contributed by atoms with Gasteiger partial charge < -0.3 is 10.6 Å². The monoisotopic (exact) mass is 249 g/mol. The molecule has 1 fully saturated rings. The molecule has 2 N–H and O–H groups in total. The molecule has 5 heteroatoms. The van der Waals surface area contributed by atoms with Crippen LogP contribution in [0.25, 0.3) is 0 Å². The van der Waals surface area contributed by atoms with Gasteiger partial charge in [0.2, 0.25) is 0 Å². The van der Waals surface area contributed by atoms with E-state index in [1.807, 2.05) is 13.0 Å². The Morgan fingerprint density at radius 2 is 1.94 bits per heavy atom. The van der Waals surface area contributed by atoms with Gasteiger partial charge in [-0.05, 0) is 51.4 Å². The highest BCUT2D eigenvalue weighted by Gasteiger charge is 2.17. The Kier molecular flexibility index (Phi) is 3.81. The number of benzene rings is 1. The van der Waals surface area contributed by atoms with Crippen LogP contribution in [0.2, 0.25) is 0 Å². The number of nitro benzene ring substituents is 1. The van der Waals surface area contributed by atoms with Gasteiger partial charge in [0, 0.05) is 23.4 Å². The van der Waals surface area contributed by atoms with Crippen LogP contribution in [0.15, 0.2) is 12.1 Å². The van der Waals surface area contributed by atoms with Gasteiger partial charge in [-0.25, -0.2) is 0 Å². The Morgan fingerprint density at radius 1 is 1.28 bits per heavy atom. The predicted octanol–water partition coefficient (Wildman–Crippen LogP) is 2.38. The zero-order chi connectivity index (χ0) is 13.1. The first-order valence-corrected chi connectivity index (χ1v) is 6.31. The summed E-state index contributed by atoms with van der Waals surface area (Å²) in [6.07, 6.45) is 2.19. The minimum atomic E-state index is -0.323. The summed E-state index contributed by atoms with van der Waals surface area (Å²) in [5, 5.41) is 17.7. The molecule has 0 aromatic heterocycles. The number of nitro groups is 1. The van der Waals surface area contributed by atoms with E-state index >= 15 is 0 Å². The molecule has 0 amide bonds. The molecule has 1 heterocycles. The topological polar surface area (TPSA) is 67.2 Å². The van der Waals surface area contributed by atoms with E-state index in [-0.39, 0.29) is 10.6 Å². The Balaban J connectivity index is 2.18. The number of hydrogen-bond donors (Lipinski definition) is 2. The largest absolute Gasteiger partial charge is 0.382 e. The highest BCUT2D eigenvalue weighted by Crippen LogP contribution is 2.27. The maximum absolute atomic E-state index is 10.9. The first kappa shape index (κ1) is 12.8. The second kappa shape index (κ2) is 5.35. The number of anilines is 1. The van der Waals surface area contributed by atoms with Crippen molar-refractivity contribution in [2.24, 2.45) is 0 Å². The highest BCUT2D eigenvalue weighted by atomic mass is 16.6. The van der Waals surface area contributed by atoms with Crippen LogP contribution >= 0.6 is 0 Å². The third-order valence-corrected chi connectivity index (χ3v) is 3.44. The Hall–Kier alpha value is -1.62. The zero-order valence-electron chi connectivity index (χ0n) is 10.8. The number of piperidine rings is 1. The molecule has 1 aromatic carbocycles. The van der Waals surface area contributed by atoms with E-state index in [1.165, 1.54) is 0 Å². The second-order valence-corrected chi connectivity index (χ2v) is 4.88. The SMILES string of the molecule is Cc1cc([N+](=O)[O-])c(C)cc1NC1CCNCC1. The van der Waals surface area contributed by atoms with Crippen molar-refractivity contribution in [3.05, 3.63) is 33.4 Å². The Labute approximate surface area is 107 Å². The number of nitrogens with one attached hydrogen (secondary N) is 2. The van der Waals surface area contributed by atoms with Gasteiger partial charge in [-0.15, -0.1) is 0 Å². The highest BCUT2D eigenvalue weighted by molar-refractivity contribution is 5.59. The molecule has 1 aromatic rings. The quantitative estimate of drug-likeness (QED) is 0.637. The van der Waals surface area contributed by atoms with E-state index in [0.717, 1.165) is 37.2 Å². The van der Waals surface area contributed by atoms with Gasteiger partial charge in [-0.3, -0.25) is 10.1 Å². The number of rotatable bonds is 3. The van der Waals surface area contributed by atoms with Crippen molar-refractivity contribution in [1.82, 2.24) is 5.32 Å². The van der Waals surface area contributed by atoms with Gasteiger partial charge in [-0.1, -0.05) is 0 Å². The van der Waals surface area contributed by atoms with Crippen LogP contribution in [0.5, 0.6) is 0 Å². The summed E-state index contributed by atoms with van der Waals surface area (Å²) < 4.78 is 0. The molecule has 2 rings (SSSR count). The molecule has 1 aliphatic rings. The van der Waals surface area contributed by atoms with E-state index in [9.17, 15) is 10.1 Å².